The molecule has 2 rings (SSSR count). The molecule has 124 valence electrons. The normalized spacial score (nSPS) is 15.3. The van der Waals surface area contributed by atoms with E-state index in [2.05, 4.69) is 11.4 Å². The fourth-order valence-corrected chi connectivity index (χ4v) is 2.16. The van der Waals surface area contributed by atoms with Gasteiger partial charge in [-0.15, -0.1) is 0 Å². The first-order chi connectivity index (χ1) is 11.5. The summed E-state index contributed by atoms with van der Waals surface area (Å²) in [6.07, 6.45) is 1.81. The lowest BCUT2D eigenvalue weighted by Crippen LogP contribution is -2.48. The van der Waals surface area contributed by atoms with Crippen molar-refractivity contribution in [2.45, 2.75) is 25.3 Å². The van der Waals surface area contributed by atoms with Crippen LogP contribution in [0.1, 0.15) is 25.3 Å². The van der Waals surface area contributed by atoms with E-state index in [9.17, 15) is 9.59 Å². The molecular formula is C17H17N3O4. The Morgan fingerprint density at radius 1 is 1.25 bits per heavy atom. The third-order valence-electron chi connectivity index (χ3n) is 3.73. The Morgan fingerprint density at radius 3 is 2.46 bits per heavy atom. The summed E-state index contributed by atoms with van der Waals surface area (Å²) in [7, 11) is 0. The van der Waals surface area contributed by atoms with Crippen LogP contribution in [-0.2, 0) is 14.3 Å². The molecule has 0 unspecified atom stereocenters. The second-order valence-corrected chi connectivity index (χ2v) is 5.72. The monoisotopic (exact) mass is 327 g/mol. The minimum absolute atomic E-state index is 0.155. The molecule has 1 aromatic carbocycles. The number of esters is 1. The number of rotatable bonds is 7. The SMILES string of the molecule is C[C@@](C#N)(NC(=O)COC(=O)COc1ccc(C#N)cc1)C1CC1. The molecule has 1 aliphatic rings. The second-order valence-electron chi connectivity index (χ2n) is 5.72. The largest absolute Gasteiger partial charge is 0.482 e. The molecule has 0 aromatic heterocycles. The number of carbonyl (C=O) groups is 2. The van der Waals surface area contributed by atoms with Crippen LogP contribution in [0.4, 0.5) is 0 Å². The summed E-state index contributed by atoms with van der Waals surface area (Å²) in [6, 6.07) is 10.3. The third kappa shape index (κ3) is 4.72. The Bertz CT molecular complexity index is 698. The number of amides is 1. The molecule has 1 N–H and O–H groups in total. The fraction of sp³-hybridized carbons (Fsp3) is 0.412. The lowest BCUT2D eigenvalue weighted by Gasteiger charge is -2.22. The van der Waals surface area contributed by atoms with Gasteiger partial charge in [0.15, 0.2) is 13.2 Å². The summed E-state index contributed by atoms with van der Waals surface area (Å²) in [6.45, 7) is 0.856. The smallest absolute Gasteiger partial charge is 0.344 e. The van der Waals surface area contributed by atoms with Crippen molar-refractivity contribution in [3.05, 3.63) is 29.8 Å². The molecule has 1 aliphatic carbocycles. The molecule has 0 heterocycles. The van der Waals surface area contributed by atoms with Crippen LogP contribution in [0, 0.1) is 28.6 Å². The van der Waals surface area contributed by atoms with Gasteiger partial charge in [-0.05, 0) is 49.9 Å². The zero-order valence-electron chi connectivity index (χ0n) is 13.2. The Hall–Kier alpha value is -3.06. The first-order valence-corrected chi connectivity index (χ1v) is 7.47. The van der Waals surface area contributed by atoms with Crippen molar-refractivity contribution >= 4 is 11.9 Å². The molecule has 0 saturated heterocycles. The molecule has 1 amide bonds. The molecule has 24 heavy (non-hydrogen) atoms. The van der Waals surface area contributed by atoms with E-state index in [4.69, 9.17) is 20.0 Å². The van der Waals surface area contributed by atoms with Crippen LogP contribution in [0.15, 0.2) is 24.3 Å². The zero-order chi connectivity index (χ0) is 17.6. The topological polar surface area (TPSA) is 112 Å². The van der Waals surface area contributed by atoms with Gasteiger partial charge in [0.1, 0.15) is 11.3 Å². The maximum Gasteiger partial charge on any atom is 0.344 e. The molecule has 1 atom stereocenters. The summed E-state index contributed by atoms with van der Waals surface area (Å²) in [5.41, 5.74) is -0.430. The molecular weight excluding hydrogens is 310 g/mol. The van der Waals surface area contributed by atoms with E-state index in [1.165, 1.54) is 0 Å². The third-order valence-corrected chi connectivity index (χ3v) is 3.73. The van der Waals surface area contributed by atoms with Gasteiger partial charge in [0.2, 0.25) is 0 Å². The highest BCUT2D eigenvalue weighted by Gasteiger charge is 2.43. The van der Waals surface area contributed by atoms with E-state index in [0.29, 0.717) is 11.3 Å². The van der Waals surface area contributed by atoms with Gasteiger partial charge in [-0.2, -0.15) is 10.5 Å². The fourth-order valence-electron chi connectivity index (χ4n) is 2.16. The number of benzene rings is 1. The first kappa shape index (κ1) is 17.3. The number of carbonyl (C=O) groups excluding carboxylic acids is 2. The van der Waals surface area contributed by atoms with Crippen molar-refractivity contribution in [2.24, 2.45) is 5.92 Å². The molecule has 0 radical (unpaired) electrons. The average molecular weight is 327 g/mol. The van der Waals surface area contributed by atoms with Gasteiger partial charge in [0.05, 0.1) is 17.7 Å². The van der Waals surface area contributed by atoms with E-state index in [0.717, 1.165) is 12.8 Å². The molecule has 7 heteroatoms. The van der Waals surface area contributed by atoms with E-state index in [1.807, 2.05) is 6.07 Å². The van der Waals surface area contributed by atoms with Gasteiger partial charge in [-0.25, -0.2) is 4.79 Å². The number of hydrogen-bond acceptors (Lipinski definition) is 6. The van der Waals surface area contributed by atoms with Crippen LogP contribution >= 0.6 is 0 Å². The van der Waals surface area contributed by atoms with Crippen molar-refractivity contribution in [1.82, 2.24) is 5.32 Å². The van der Waals surface area contributed by atoms with Gasteiger partial charge in [-0.3, -0.25) is 4.79 Å². The Kier molecular flexibility index (Phi) is 5.39. The number of nitriles is 2. The average Bonchev–Trinajstić information content (AvgIpc) is 3.44. The summed E-state index contributed by atoms with van der Waals surface area (Å²) in [5.74, 6) is -0.639. The van der Waals surface area contributed by atoms with Crippen molar-refractivity contribution in [1.29, 1.82) is 10.5 Å². The van der Waals surface area contributed by atoms with E-state index in [-0.39, 0.29) is 12.5 Å². The molecule has 0 aliphatic heterocycles. The Morgan fingerprint density at radius 2 is 1.92 bits per heavy atom. The minimum atomic E-state index is -0.914. The molecule has 7 nitrogen and oxygen atoms in total. The van der Waals surface area contributed by atoms with Crippen LogP contribution in [0.3, 0.4) is 0 Å². The highest BCUT2D eigenvalue weighted by atomic mass is 16.6. The second kappa shape index (κ2) is 7.47. The lowest BCUT2D eigenvalue weighted by molar-refractivity contribution is -0.150. The van der Waals surface area contributed by atoms with Crippen molar-refractivity contribution in [3.63, 3.8) is 0 Å². The summed E-state index contributed by atoms with van der Waals surface area (Å²) in [5, 5.41) is 20.4. The van der Waals surface area contributed by atoms with E-state index in [1.54, 1.807) is 31.2 Å². The summed E-state index contributed by atoms with van der Waals surface area (Å²) < 4.78 is 10.0. The predicted molar refractivity (Wildman–Crippen MR) is 82.5 cm³/mol. The van der Waals surface area contributed by atoms with Crippen molar-refractivity contribution < 1.29 is 19.1 Å². The Labute approximate surface area is 139 Å². The van der Waals surface area contributed by atoms with E-state index >= 15 is 0 Å². The van der Waals surface area contributed by atoms with Crippen LogP contribution in [0.5, 0.6) is 5.75 Å². The van der Waals surface area contributed by atoms with Gasteiger partial charge in [0.25, 0.3) is 5.91 Å². The number of nitrogens with zero attached hydrogens (tertiary/aromatic N) is 2. The lowest BCUT2D eigenvalue weighted by atomic mass is 9.98. The molecule has 0 bridgehead atoms. The maximum absolute atomic E-state index is 11.8. The molecule has 1 fully saturated rings. The van der Waals surface area contributed by atoms with Gasteiger partial charge in [0, 0.05) is 0 Å². The predicted octanol–water partition coefficient (Wildman–Crippen LogP) is 1.29. The standard InChI is InChI=1S/C17H17N3O4/c1-17(11-19,13-4-5-13)20-15(21)9-24-16(22)10-23-14-6-2-12(8-18)3-7-14/h2-3,6-7,13H,4-5,9-10H2,1H3,(H,20,21)/t17-/m0/s1. The highest BCUT2D eigenvalue weighted by Crippen LogP contribution is 2.39. The van der Waals surface area contributed by atoms with Gasteiger partial charge in [-0.1, -0.05) is 0 Å². The number of hydrogen-bond donors (Lipinski definition) is 1. The van der Waals surface area contributed by atoms with Crippen LogP contribution in [0.2, 0.25) is 0 Å². The zero-order valence-corrected chi connectivity index (χ0v) is 13.2. The maximum atomic E-state index is 11.8. The molecule has 0 spiro atoms. The summed E-state index contributed by atoms with van der Waals surface area (Å²) in [4.78, 5) is 23.4. The van der Waals surface area contributed by atoms with Gasteiger partial charge < -0.3 is 14.8 Å². The minimum Gasteiger partial charge on any atom is -0.482 e. The highest BCUT2D eigenvalue weighted by molar-refractivity contribution is 5.81. The Balaban J connectivity index is 1.71. The van der Waals surface area contributed by atoms with Crippen molar-refractivity contribution in [2.75, 3.05) is 13.2 Å². The first-order valence-electron chi connectivity index (χ1n) is 7.47. The van der Waals surface area contributed by atoms with Crippen molar-refractivity contribution in [3.8, 4) is 17.9 Å². The van der Waals surface area contributed by atoms with Crippen LogP contribution in [-0.4, -0.2) is 30.6 Å². The van der Waals surface area contributed by atoms with Crippen LogP contribution in [0.25, 0.3) is 0 Å². The number of nitrogens with one attached hydrogen (secondary N) is 1. The molecule has 1 aromatic rings. The number of ether oxygens (including phenoxy) is 2. The van der Waals surface area contributed by atoms with Gasteiger partial charge >= 0.3 is 5.97 Å². The summed E-state index contributed by atoms with van der Waals surface area (Å²) >= 11 is 0. The van der Waals surface area contributed by atoms with Crippen LogP contribution < -0.4 is 10.1 Å². The molecule has 1 saturated carbocycles. The van der Waals surface area contributed by atoms with E-state index < -0.39 is 24.0 Å². The quantitative estimate of drug-likeness (QED) is 0.755.